The lowest BCUT2D eigenvalue weighted by Crippen LogP contribution is -2.15. The molecule has 2 aromatic carbocycles. The van der Waals surface area contributed by atoms with Gasteiger partial charge in [-0.3, -0.25) is 5.01 Å². The zero-order valence-electron chi connectivity index (χ0n) is 15.1. The maximum absolute atomic E-state index is 4.77. The Morgan fingerprint density at radius 1 is 0.920 bits per heavy atom. The fraction of sp³-hybridized carbons (Fsp3) is 0.190. The Kier molecular flexibility index (Phi) is 3.61. The van der Waals surface area contributed by atoms with E-state index in [0.29, 0.717) is 0 Å². The second-order valence-electron chi connectivity index (χ2n) is 6.49. The lowest BCUT2D eigenvalue weighted by molar-refractivity contribution is 0.858. The predicted octanol–water partition coefficient (Wildman–Crippen LogP) is 4.53. The van der Waals surface area contributed by atoms with Crippen LogP contribution in [-0.2, 0) is 14.1 Å². The molecule has 4 rings (SSSR count). The zero-order chi connectivity index (χ0) is 17.6. The van der Waals surface area contributed by atoms with E-state index in [4.69, 9.17) is 5.10 Å². The number of hydrazone groups is 1. The van der Waals surface area contributed by atoms with Gasteiger partial charge in [0, 0.05) is 49.1 Å². The summed E-state index contributed by atoms with van der Waals surface area (Å²) >= 11 is 0. The highest BCUT2D eigenvalue weighted by molar-refractivity contribution is 6.11. The largest absolute Gasteiger partial charge is 0.344 e. The number of aromatic nitrogens is 2. The van der Waals surface area contributed by atoms with Crippen LogP contribution in [0.3, 0.4) is 0 Å². The molecule has 25 heavy (non-hydrogen) atoms. The monoisotopic (exact) mass is 330 g/mol. The first kappa shape index (κ1) is 15.5. The molecular formula is C21H22N4. The molecule has 0 atom stereocenters. The number of nitrogens with zero attached hydrogens (tertiary/aromatic N) is 4. The molecule has 0 aliphatic rings. The van der Waals surface area contributed by atoms with Crippen molar-refractivity contribution in [2.75, 3.05) is 12.1 Å². The van der Waals surface area contributed by atoms with Gasteiger partial charge in [-0.1, -0.05) is 24.3 Å². The number of rotatable bonds is 3. The van der Waals surface area contributed by atoms with Gasteiger partial charge in [0.25, 0.3) is 0 Å². The van der Waals surface area contributed by atoms with E-state index in [9.17, 15) is 0 Å². The van der Waals surface area contributed by atoms with Crippen LogP contribution in [0.4, 0.5) is 5.82 Å². The van der Waals surface area contributed by atoms with Gasteiger partial charge in [0.15, 0.2) is 0 Å². The standard InChI is InChI=1S/C21H22N4/c1-15(22-25(4)21-10-7-13-23(21)2)16-11-12-20-18(14-16)17-8-5-6-9-19(17)24(20)3/h5-14H,1-4H3/b22-15+. The first-order chi connectivity index (χ1) is 12.1. The average Bonchev–Trinajstić information content (AvgIpc) is 3.17. The van der Waals surface area contributed by atoms with Gasteiger partial charge in [0.05, 0.1) is 5.71 Å². The molecule has 2 heterocycles. The maximum atomic E-state index is 4.77. The summed E-state index contributed by atoms with van der Waals surface area (Å²) < 4.78 is 4.31. The molecule has 0 aliphatic heterocycles. The SMILES string of the molecule is C/C(=N\N(C)c1cccn1C)c1ccc2c(c1)c1ccccc1n2C. The molecular weight excluding hydrogens is 308 g/mol. The third kappa shape index (κ3) is 2.50. The van der Waals surface area contributed by atoms with Crippen molar-refractivity contribution in [2.45, 2.75) is 6.92 Å². The molecule has 0 bridgehead atoms. The van der Waals surface area contributed by atoms with Gasteiger partial charge in [-0.15, -0.1) is 0 Å². The van der Waals surface area contributed by atoms with E-state index >= 15 is 0 Å². The normalized spacial score (nSPS) is 12.2. The summed E-state index contributed by atoms with van der Waals surface area (Å²) in [5.74, 6) is 1.06. The summed E-state index contributed by atoms with van der Waals surface area (Å²) in [4.78, 5) is 0. The van der Waals surface area contributed by atoms with Gasteiger partial charge in [-0.05, 0) is 42.8 Å². The summed E-state index contributed by atoms with van der Waals surface area (Å²) in [6.45, 7) is 2.06. The maximum Gasteiger partial charge on any atom is 0.128 e. The Morgan fingerprint density at radius 2 is 1.68 bits per heavy atom. The predicted molar refractivity (Wildman–Crippen MR) is 106 cm³/mol. The van der Waals surface area contributed by atoms with Crippen molar-refractivity contribution in [2.24, 2.45) is 19.2 Å². The van der Waals surface area contributed by atoms with Crippen molar-refractivity contribution in [1.29, 1.82) is 0 Å². The highest BCUT2D eigenvalue weighted by atomic mass is 15.5. The highest BCUT2D eigenvalue weighted by Crippen LogP contribution is 2.29. The fourth-order valence-electron chi connectivity index (χ4n) is 3.52. The van der Waals surface area contributed by atoms with Gasteiger partial charge >= 0.3 is 0 Å². The Balaban J connectivity index is 1.80. The molecule has 0 aliphatic carbocycles. The minimum Gasteiger partial charge on any atom is -0.344 e. The fourth-order valence-corrected chi connectivity index (χ4v) is 3.52. The van der Waals surface area contributed by atoms with E-state index in [1.54, 1.807) is 0 Å². The summed E-state index contributed by atoms with van der Waals surface area (Å²) in [6.07, 6.45) is 2.03. The highest BCUT2D eigenvalue weighted by Gasteiger charge is 2.10. The summed E-state index contributed by atoms with van der Waals surface area (Å²) in [5.41, 5.74) is 4.64. The molecule has 0 unspecified atom stereocenters. The molecule has 0 radical (unpaired) electrons. The minimum atomic E-state index is 0.999. The van der Waals surface area contributed by atoms with Gasteiger partial charge < -0.3 is 9.13 Å². The minimum absolute atomic E-state index is 0.999. The molecule has 4 heteroatoms. The Labute approximate surface area is 147 Å². The quantitative estimate of drug-likeness (QED) is 0.400. The summed E-state index contributed by atoms with van der Waals surface area (Å²) in [6, 6.07) is 19.2. The van der Waals surface area contributed by atoms with Crippen LogP contribution in [0, 0.1) is 0 Å². The van der Waals surface area contributed by atoms with E-state index in [0.717, 1.165) is 17.1 Å². The van der Waals surface area contributed by atoms with Crippen LogP contribution in [0.2, 0.25) is 0 Å². The number of hydrogen-bond acceptors (Lipinski definition) is 2. The molecule has 0 amide bonds. The second kappa shape index (κ2) is 5.81. The van der Waals surface area contributed by atoms with Crippen molar-refractivity contribution < 1.29 is 0 Å². The molecule has 0 spiro atoms. The smallest absolute Gasteiger partial charge is 0.128 e. The molecule has 0 saturated carbocycles. The third-order valence-corrected chi connectivity index (χ3v) is 4.88. The number of fused-ring (bicyclic) bond motifs is 3. The number of benzene rings is 2. The van der Waals surface area contributed by atoms with Crippen molar-refractivity contribution in [3.63, 3.8) is 0 Å². The average molecular weight is 330 g/mol. The number of hydrogen-bond donors (Lipinski definition) is 0. The van der Waals surface area contributed by atoms with E-state index < -0.39 is 0 Å². The van der Waals surface area contributed by atoms with Crippen LogP contribution >= 0.6 is 0 Å². The topological polar surface area (TPSA) is 25.5 Å². The van der Waals surface area contributed by atoms with Crippen LogP contribution in [0.15, 0.2) is 65.9 Å². The molecule has 0 saturated heterocycles. The molecule has 0 fully saturated rings. The number of anilines is 1. The van der Waals surface area contributed by atoms with Gasteiger partial charge in [0.2, 0.25) is 0 Å². The number of aryl methyl sites for hydroxylation is 2. The van der Waals surface area contributed by atoms with E-state index in [2.05, 4.69) is 71.6 Å². The Morgan fingerprint density at radius 3 is 2.44 bits per heavy atom. The van der Waals surface area contributed by atoms with Crippen LogP contribution in [0.1, 0.15) is 12.5 Å². The first-order valence-electron chi connectivity index (χ1n) is 8.44. The lowest BCUT2D eigenvalue weighted by Gasteiger charge is -2.15. The van der Waals surface area contributed by atoms with Crippen LogP contribution in [-0.4, -0.2) is 21.9 Å². The molecule has 4 nitrogen and oxygen atoms in total. The second-order valence-corrected chi connectivity index (χ2v) is 6.49. The van der Waals surface area contributed by atoms with Crippen molar-refractivity contribution in [3.8, 4) is 0 Å². The molecule has 4 aromatic rings. The molecule has 0 N–H and O–H groups in total. The van der Waals surface area contributed by atoms with Gasteiger partial charge in [-0.2, -0.15) is 5.10 Å². The first-order valence-corrected chi connectivity index (χ1v) is 8.44. The van der Waals surface area contributed by atoms with E-state index in [-0.39, 0.29) is 0 Å². The number of para-hydroxylation sites is 1. The Bertz CT molecular complexity index is 1100. The molecule has 2 aromatic heterocycles. The lowest BCUT2D eigenvalue weighted by atomic mass is 10.1. The third-order valence-electron chi connectivity index (χ3n) is 4.88. The van der Waals surface area contributed by atoms with Gasteiger partial charge in [-0.25, -0.2) is 0 Å². The van der Waals surface area contributed by atoms with Crippen LogP contribution < -0.4 is 5.01 Å². The van der Waals surface area contributed by atoms with Crippen molar-refractivity contribution in [3.05, 3.63) is 66.4 Å². The van der Waals surface area contributed by atoms with E-state index in [1.165, 1.54) is 21.8 Å². The molecule has 126 valence electrons. The summed E-state index contributed by atoms with van der Waals surface area (Å²) in [5, 5.41) is 9.24. The van der Waals surface area contributed by atoms with Crippen molar-refractivity contribution >= 4 is 33.3 Å². The van der Waals surface area contributed by atoms with Gasteiger partial charge in [0.1, 0.15) is 5.82 Å². The van der Waals surface area contributed by atoms with Crippen molar-refractivity contribution in [1.82, 2.24) is 9.13 Å². The van der Waals surface area contributed by atoms with Crippen LogP contribution in [0.5, 0.6) is 0 Å². The summed E-state index contributed by atoms with van der Waals surface area (Å²) in [7, 11) is 6.13. The van der Waals surface area contributed by atoms with E-state index in [1.807, 2.05) is 31.4 Å². The Hall–Kier alpha value is -3.01. The zero-order valence-corrected chi connectivity index (χ0v) is 15.1. The van der Waals surface area contributed by atoms with Crippen LogP contribution in [0.25, 0.3) is 21.8 Å².